The second kappa shape index (κ2) is 5.31. The van der Waals surface area contributed by atoms with Gasteiger partial charge in [0.25, 0.3) is 5.69 Å². The molecule has 0 aliphatic heterocycles. The van der Waals surface area contributed by atoms with Gasteiger partial charge in [0.05, 0.1) is 4.92 Å². The molecule has 82 valence electrons. The van der Waals surface area contributed by atoms with Gasteiger partial charge in [-0.3, -0.25) is 10.1 Å². The largest absolute Gasteiger partial charge is 0.379 e. The van der Waals surface area contributed by atoms with Crippen molar-refractivity contribution < 1.29 is 4.92 Å². The molecule has 5 nitrogen and oxygen atoms in total. The first-order valence-electron chi connectivity index (χ1n) is 4.84. The summed E-state index contributed by atoms with van der Waals surface area (Å²) in [5.41, 5.74) is 6.22. The van der Waals surface area contributed by atoms with E-state index < -0.39 is 4.92 Å². The summed E-state index contributed by atoms with van der Waals surface area (Å²) in [6.07, 6.45) is 0.784. The zero-order valence-corrected chi connectivity index (χ0v) is 8.64. The molecule has 1 unspecified atom stereocenters. The van der Waals surface area contributed by atoms with Crippen LogP contribution in [0.2, 0.25) is 0 Å². The average molecular weight is 209 g/mol. The van der Waals surface area contributed by atoms with Gasteiger partial charge in [0.1, 0.15) is 5.69 Å². The molecule has 0 aliphatic rings. The van der Waals surface area contributed by atoms with E-state index in [9.17, 15) is 10.1 Å². The van der Waals surface area contributed by atoms with E-state index in [4.69, 9.17) is 5.73 Å². The third-order valence-electron chi connectivity index (χ3n) is 2.02. The number of rotatable bonds is 5. The number of nitrogens with zero attached hydrogens (tertiary/aromatic N) is 1. The van der Waals surface area contributed by atoms with Crippen molar-refractivity contribution in [3.05, 3.63) is 34.4 Å². The van der Waals surface area contributed by atoms with Crippen LogP contribution in [0.5, 0.6) is 0 Å². The second-order valence-electron chi connectivity index (χ2n) is 3.47. The van der Waals surface area contributed by atoms with Crippen LogP contribution in [0.3, 0.4) is 0 Å². The monoisotopic (exact) mass is 209 g/mol. The molecule has 0 spiro atoms. The number of para-hydroxylation sites is 2. The quantitative estimate of drug-likeness (QED) is 0.571. The number of nitro groups is 1. The van der Waals surface area contributed by atoms with Crippen LogP contribution in [0.25, 0.3) is 0 Å². The van der Waals surface area contributed by atoms with Crippen LogP contribution >= 0.6 is 0 Å². The molecule has 15 heavy (non-hydrogen) atoms. The van der Waals surface area contributed by atoms with E-state index in [-0.39, 0.29) is 11.7 Å². The Morgan fingerprint density at radius 2 is 2.20 bits per heavy atom. The summed E-state index contributed by atoms with van der Waals surface area (Å²) in [5.74, 6) is 0. The zero-order valence-electron chi connectivity index (χ0n) is 8.64. The Morgan fingerprint density at radius 3 is 2.80 bits per heavy atom. The molecule has 1 atom stereocenters. The van der Waals surface area contributed by atoms with Gasteiger partial charge in [0.15, 0.2) is 0 Å². The smallest absolute Gasteiger partial charge is 0.292 e. The number of hydrogen-bond donors (Lipinski definition) is 2. The molecule has 0 saturated heterocycles. The van der Waals surface area contributed by atoms with Crippen molar-refractivity contribution in [2.24, 2.45) is 5.73 Å². The first-order chi connectivity index (χ1) is 7.11. The van der Waals surface area contributed by atoms with Crippen molar-refractivity contribution in [3.8, 4) is 0 Å². The minimum atomic E-state index is -0.395. The van der Waals surface area contributed by atoms with Gasteiger partial charge < -0.3 is 11.1 Å². The minimum absolute atomic E-state index is 0.0975. The lowest BCUT2D eigenvalue weighted by atomic mass is 10.2. The number of benzene rings is 1. The molecule has 3 N–H and O–H groups in total. The van der Waals surface area contributed by atoms with Crippen LogP contribution in [0.1, 0.15) is 13.3 Å². The first-order valence-corrected chi connectivity index (χ1v) is 4.84. The lowest BCUT2D eigenvalue weighted by Crippen LogP contribution is -2.19. The van der Waals surface area contributed by atoms with E-state index in [2.05, 4.69) is 5.32 Å². The Bertz CT molecular complexity index is 339. The summed E-state index contributed by atoms with van der Waals surface area (Å²) in [6, 6.07) is 6.68. The molecular formula is C10H15N3O2. The van der Waals surface area contributed by atoms with Crippen LogP contribution in [-0.4, -0.2) is 17.5 Å². The molecule has 1 aromatic carbocycles. The van der Waals surface area contributed by atoms with E-state index in [1.807, 2.05) is 6.92 Å². The highest BCUT2D eigenvalue weighted by Crippen LogP contribution is 2.22. The number of nitrogens with one attached hydrogen (secondary N) is 1. The SMILES string of the molecule is CC(N)CCNc1ccccc1[N+](=O)[O-]. The number of nitro benzene ring substituents is 1. The van der Waals surface area contributed by atoms with E-state index in [0.29, 0.717) is 12.2 Å². The predicted molar refractivity (Wildman–Crippen MR) is 59.9 cm³/mol. The topological polar surface area (TPSA) is 81.2 Å². The average Bonchev–Trinajstić information content (AvgIpc) is 2.17. The van der Waals surface area contributed by atoms with Crippen LogP contribution in [0.15, 0.2) is 24.3 Å². The molecule has 0 bridgehead atoms. The van der Waals surface area contributed by atoms with Crippen LogP contribution in [-0.2, 0) is 0 Å². The Kier molecular flexibility index (Phi) is 4.05. The maximum absolute atomic E-state index is 10.7. The fourth-order valence-corrected chi connectivity index (χ4v) is 1.22. The van der Waals surface area contributed by atoms with Gasteiger partial charge in [-0.05, 0) is 19.4 Å². The summed E-state index contributed by atoms with van der Waals surface area (Å²) in [5, 5.41) is 13.7. The molecular weight excluding hydrogens is 194 g/mol. The van der Waals surface area contributed by atoms with Crippen LogP contribution in [0, 0.1) is 10.1 Å². The fraction of sp³-hybridized carbons (Fsp3) is 0.400. The molecule has 1 aromatic rings. The summed E-state index contributed by atoms with van der Waals surface area (Å²) >= 11 is 0. The molecule has 1 rings (SSSR count). The standard InChI is InChI=1S/C10H15N3O2/c1-8(11)6-7-12-9-4-2-3-5-10(9)13(14)15/h2-5,8,12H,6-7,11H2,1H3. The van der Waals surface area contributed by atoms with Crippen molar-refractivity contribution in [3.63, 3.8) is 0 Å². The highest BCUT2D eigenvalue weighted by Gasteiger charge is 2.11. The van der Waals surface area contributed by atoms with Crippen molar-refractivity contribution >= 4 is 11.4 Å². The van der Waals surface area contributed by atoms with Crippen molar-refractivity contribution in [1.29, 1.82) is 0 Å². The van der Waals surface area contributed by atoms with Crippen molar-refractivity contribution in [2.75, 3.05) is 11.9 Å². The first kappa shape index (κ1) is 11.5. The molecule has 0 aliphatic carbocycles. The highest BCUT2D eigenvalue weighted by atomic mass is 16.6. The molecule has 0 radical (unpaired) electrons. The van der Waals surface area contributed by atoms with E-state index >= 15 is 0 Å². The summed E-state index contributed by atoms with van der Waals surface area (Å²) in [6.45, 7) is 2.55. The molecule has 5 heteroatoms. The maximum atomic E-state index is 10.7. The number of anilines is 1. The van der Waals surface area contributed by atoms with Gasteiger partial charge >= 0.3 is 0 Å². The summed E-state index contributed by atoms with van der Waals surface area (Å²) < 4.78 is 0. The number of nitrogens with two attached hydrogens (primary N) is 1. The molecule has 0 fully saturated rings. The van der Waals surface area contributed by atoms with Crippen molar-refractivity contribution in [2.45, 2.75) is 19.4 Å². The Labute approximate surface area is 88.4 Å². The van der Waals surface area contributed by atoms with E-state index in [1.54, 1.807) is 18.2 Å². The van der Waals surface area contributed by atoms with Gasteiger partial charge in [-0.15, -0.1) is 0 Å². The number of hydrogen-bond acceptors (Lipinski definition) is 4. The molecule has 0 aromatic heterocycles. The third kappa shape index (κ3) is 3.55. The molecule has 0 amide bonds. The highest BCUT2D eigenvalue weighted by molar-refractivity contribution is 5.60. The zero-order chi connectivity index (χ0) is 11.3. The molecule has 0 saturated carbocycles. The van der Waals surface area contributed by atoms with Crippen LogP contribution in [0.4, 0.5) is 11.4 Å². The lowest BCUT2D eigenvalue weighted by molar-refractivity contribution is -0.384. The fourth-order valence-electron chi connectivity index (χ4n) is 1.22. The van der Waals surface area contributed by atoms with Gasteiger partial charge in [-0.2, -0.15) is 0 Å². The van der Waals surface area contributed by atoms with E-state index in [1.165, 1.54) is 6.07 Å². The van der Waals surface area contributed by atoms with Gasteiger partial charge in [-0.25, -0.2) is 0 Å². The normalized spacial score (nSPS) is 12.1. The minimum Gasteiger partial charge on any atom is -0.379 e. The predicted octanol–water partition coefficient (Wildman–Crippen LogP) is 1.74. The maximum Gasteiger partial charge on any atom is 0.292 e. The third-order valence-corrected chi connectivity index (χ3v) is 2.02. The Morgan fingerprint density at radius 1 is 1.53 bits per heavy atom. The van der Waals surface area contributed by atoms with Gasteiger partial charge in [-0.1, -0.05) is 12.1 Å². The van der Waals surface area contributed by atoms with Gasteiger partial charge in [0, 0.05) is 18.7 Å². The Hall–Kier alpha value is -1.62. The van der Waals surface area contributed by atoms with Gasteiger partial charge in [0.2, 0.25) is 0 Å². The Balaban J connectivity index is 2.63. The molecule has 0 heterocycles. The van der Waals surface area contributed by atoms with Crippen LogP contribution < -0.4 is 11.1 Å². The second-order valence-corrected chi connectivity index (χ2v) is 3.47. The van der Waals surface area contributed by atoms with E-state index in [0.717, 1.165) is 6.42 Å². The summed E-state index contributed by atoms with van der Waals surface area (Å²) in [4.78, 5) is 10.3. The lowest BCUT2D eigenvalue weighted by Gasteiger charge is -2.08. The summed E-state index contributed by atoms with van der Waals surface area (Å²) in [7, 11) is 0. The van der Waals surface area contributed by atoms with Crippen molar-refractivity contribution in [1.82, 2.24) is 0 Å².